The van der Waals surface area contributed by atoms with Gasteiger partial charge in [-0.1, -0.05) is 176 Å². The zero-order chi connectivity index (χ0) is 47.9. The summed E-state index contributed by atoms with van der Waals surface area (Å²) in [6, 6.07) is 55.1. The first-order valence-electron chi connectivity index (χ1n) is 24.3. The van der Waals surface area contributed by atoms with E-state index in [4.69, 9.17) is 25.9 Å². The van der Waals surface area contributed by atoms with Gasteiger partial charge in [0.15, 0.2) is 17.5 Å². The molecule has 0 aliphatic heterocycles. The summed E-state index contributed by atoms with van der Waals surface area (Å²) in [4.78, 5) is 15.5. The van der Waals surface area contributed by atoms with Gasteiger partial charge in [-0.3, -0.25) is 0 Å². The number of aromatic nitrogens is 5. The van der Waals surface area contributed by atoms with Crippen molar-refractivity contribution in [3.05, 3.63) is 224 Å². The topological polar surface area (TPSA) is 48.5 Å². The third-order valence-corrected chi connectivity index (χ3v) is 11.5. The highest BCUT2D eigenvalue weighted by molar-refractivity contribution is 6.12. The second-order valence-corrected chi connectivity index (χ2v) is 15.0. The van der Waals surface area contributed by atoms with Crippen molar-refractivity contribution in [3.8, 4) is 67.8 Å². The fourth-order valence-corrected chi connectivity index (χ4v) is 8.57. The highest BCUT2D eigenvalue weighted by atomic mass is 15.0. The van der Waals surface area contributed by atoms with Gasteiger partial charge in [0.25, 0.3) is 0 Å². The largest absolute Gasteiger partial charge is 0.309 e. The molecule has 9 aromatic carbocycles. The van der Waals surface area contributed by atoms with E-state index in [0.29, 0.717) is 23.2 Å². The van der Waals surface area contributed by atoms with Gasteiger partial charge in [0.2, 0.25) is 0 Å². The van der Waals surface area contributed by atoms with Crippen molar-refractivity contribution < 1.29 is 11.0 Å². The second-order valence-electron chi connectivity index (χ2n) is 15.0. The normalized spacial score (nSPS) is 13.4. The van der Waals surface area contributed by atoms with E-state index in [1.165, 1.54) is 0 Å². The van der Waals surface area contributed by atoms with Crippen LogP contribution in [0.4, 0.5) is 0 Å². The molecule has 0 saturated carbocycles. The maximum atomic E-state index is 9.10. The van der Waals surface area contributed by atoms with Crippen LogP contribution in [0.3, 0.4) is 0 Å². The van der Waals surface area contributed by atoms with Gasteiger partial charge in [-0.15, -0.1) is 0 Å². The monoisotopic (exact) mass is 799 g/mol. The van der Waals surface area contributed by atoms with Gasteiger partial charge in [0, 0.05) is 49.6 Å². The van der Waals surface area contributed by atoms with Gasteiger partial charge in [0.1, 0.15) is 0 Å². The van der Waals surface area contributed by atoms with E-state index in [0.717, 1.165) is 66.4 Å². The SMILES string of the molecule is [2H]c1c([2H])c([2H])c2c(c1[2H])c1c([2H])c([2H])c([2H])c([2H])c1n2-c1ccc2c(c1)c1ccccc1n2-c1ccc(-c2ccccc2)c(-c2nc(-c3ccccc3)nc(-c3ccc(-c4ccccc4)cc3)n2)c1. The summed E-state index contributed by atoms with van der Waals surface area (Å²) < 4.78 is 74.1. The van der Waals surface area contributed by atoms with E-state index in [1.54, 1.807) is 4.57 Å². The molecule has 5 heteroatoms. The number of para-hydroxylation sites is 3. The summed E-state index contributed by atoms with van der Waals surface area (Å²) in [5, 5.41) is 1.77. The number of hydrogen-bond donors (Lipinski definition) is 0. The Balaban J connectivity index is 1.09. The highest BCUT2D eigenvalue weighted by Crippen LogP contribution is 2.40. The fourth-order valence-electron chi connectivity index (χ4n) is 8.57. The average molecular weight is 800 g/mol. The Labute approximate surface area is 369 Å². The van der Waals surface area contributed by atoms with Crippen LogP contribution >= 0.6 is 0 Å². The van der Waals surface area contributed by atoms with Crippen LogP contribution in [0.5, 0.6) is 0 Å². The van der Waals surface area contributed by atoms with Gasteiger partial charge in [-0.05, 0) is 70.7 Å². The van der Waals surface area contributed by atoms with Crippen LogP contribution < -0.4 is 0 Å². The van der Waals surface area contributed by atoms with Crippen LogP contribution in [0, 0.1) is 0 Å². The molecule has 3 aromatic heterocycles. The number of rotatable bonds is 7. The molecule has 3 heterocycles. The molecule has 0 fully saturated rings. The summed E-state index contributed by atoms with van der Waals surface area (Å²) >= 11 is 0. The Hall–Kier alpha value is -8.41. The lowest BCUT2D eigenvalue weighted by Gasteiger charge is -2.16. The first-order chi connectivity index (χ1) is 34.1. The van der Waals surface area contributed by atoms with Gasteiger partial charge in [-0.25, -0.2) is 15.0 Å². The molecule has 290 valence electrons. The Morgan fingerprint density at radius 3 is 1.45 bits per heavy atom. The second kappa shape index (κ2) is 14.7. The lowest BCUT2D eigenvalue weighted by Crippen LogP contribution is -2.02. The van der Waals surface area contributed by atoms with Crippen LogP contribution in [0.1, 0.15) is 11.0 Å². The highest BCUT2D eigenvalue weighted by Gasteiger charge is 2.20. The Bertz CT molecular complexity index is 4000. The summed E-state index contributed by atoms with van der Waals surface area (Å²) in [6.07, 6.45) is 0. The predicted octanol–water partition coefficient (Wildman–Crippen LogP) is 14.4. The maximum Gasteiger partial charge on any atom is 0.164 e. The third-order valence-electron chi connectivity index (χ3n) is 11.5. The fraction of sp³-hybridized carbons (Fsp3) is 0. The molecule has 0 aliphatic carbocycles. The standard InChI is InChI=1S/C57H37N5/c1-4-16-38(17-5-1)39-28-30-42(31-29-39)56-58-55(41-20-8-3-9-21-41)59-57(60-56)50-37-43(32-34-45(50)40-18-6-2-7-19-40)62-53-27-15-12-24-48(53)49-36-44(33-35-54(49)62)61-51-25-13-10-22-46(51)47-23-11-14-26-52(47)61/h1-37H/i10D,11D,13D,14D,22D,23D,25D,26D. The molecule has 12 aromatic rings. The molecular formula is C57H37N5. The molecule has 5 nitrogen and oxygen atoms in total. The molecule has 12 rings (SSSR count). The molecule has 62 heavy (non-hydrogen) atoms. The van der Waals surface area contributed by atoms with Crippen molar-refractivity contribution >= 4 is 43.6 Å². The third kappa shape index (κ3) is 5.98. The van der Waals surface area contributed by atoms with Crippen LogP contribution in [0.25, 0.3) is 111 Å². The van der Waals surface area contributed by atoms with Crippen molar-refractivity contribution in [3.63, 3.8) is 0 Å². The van der Waals surface area contributed by atoms with E-state index in [1.807, 2.05) is 121 Å². The lowest BCUT2D eigenvalue weighted by atomic mass is 9.98. The van der Waals surface area contributed by atoms with Gasteiger partial charge in [0.05, 0.1) is 33.0 Å². The maximum absolute atomic E-state index is 9.10. The van der Waals surface area contributed by atoms with Crippen LogP contribution in [-0.4, -0.2) is 24.1 Å². The van der Waals surface area contributed by atoms with Gasteiger partial charge in [-0.2, -0.15) is 0 Å². The summed E-state index contributed by atoms with van der Waals surface area (Å²) in [5.74, 6) is 1.54. The number of hydrogen-bond acceptors (Lipinski definition) is 3. The predicted molar refractivity (Wildman–Crippen MR) is 256 cm³/mol. The number of fused-ring (bicyclic) bond motifs is 6. The lowest BCUT2D eigenvalue weighted by molar-refractivity contribution is 1.07. The molecular weight excluding hydrogens is 755 g/mol. The van der Waals surface area contributed by atoms with Gasteiger partial charge < -0.3 is 9.13 Å². The van der Waals surface area contributed by atoms with Crippen LogP contribution in [-0.2, 0) is 0 Å². The first-order valence-corrected chi connectivity index (χ1v) is 20.3. The first kappa shape index (κ1) is 28.1. The molecule has 0 saturated heterocycles. The van der Waals surface area contributed by atoms with E-state index in [2.05, 4.69) is 59.2 Å². The summed E-state index contributed by atoms with van der Waals surface area (Å²) in [5.41, 5.74) is 9.69. The molecule has 0 amide bonds. The molecule has 0 unspecified atom stereocenters. The Morgan fingerprint density at radius 2 is 0.774 bits per heavy atom. The molecule has 0 radical (unpaired) electrons. The average Bonchev–Trinajstić information content (AvgIpc) is 3.95. The van der Waals surface area contributed by atoms with Crippen molar-refractivity contribution in [1.82, 2.24) is 24.1 Å². The van der Waals surface area contributed by atoms with E-state index in [9.17, 15) is 0 Å². The van der Waals surface area contributed by atoms with Crippen molar-refractivity contribution in [1.29, 1.82) is 0 Å². The smallest absolute Gasteiger partial charge is 0.164 e. The molecule has 0 N–H and O–H groups in total. The molecule has 0 atom stereocenters. The van der Waals surface area contributed by atoms with E-state index < -0.39 is 24.2 Å². The minimum Gasteiger partial charge on any atom is -0.309 e. The Morgan fingerprint density at radius 1 is 0.306 bits per heavy atom. The number of nitrogens with zero attached hydrogens (tertiary/aromatic N) is 5. The van der Waals surface area contributed by atoms with Crippen LogP contribution in [0.15, 0.2) is 224 Å². The zero-order valence-electron chi connectivity index (χ0n) is 41.0. The minimum atomic E-state index is -0.484. The minimum absolute atomic E-state index is 0.0302. The van der Waals surface area contributed by atoms with E-state index in [-0.39, 0.29) is 46.0 Å². The van der Waals surface area contributed by atoms with Crippen molar-refractivity contribution in [2.45, 2.75) is 0 Å². The summed E-state index contributed by atoms with van der Waals surface area (Å²) in [7, 11) is 0. The molecule has 0 aliphatic rings. The zero-order valence-corrected chi connectivity index (χ0v) is 33.0. The van der Waals surface area contributed by atoms with Crippen LogP contribution in [0.2, 0.25) is 0 Å². The van der Waals surface area contributed by atoms with Crippen molar-refractivity contribution in [2.24, 2.45) is 0 Å². The van der Waals surface area contributed by atoms with E-state index >= 15 is 0 Å². The van der Waals surface area contributed by atoms with Crippen molar-refractivity contribution in [2.75, 3.05) is 0 Å². The quantitative estimate of drug-likeness (QED) is 0.161. The molecule has 0 bridgehead atoms. The summed E-state index contributed by atoms with van der Waals surface area (Å²) in [6.45, 7) is 0. The molecule has 0 spiro atoms. The van der Waals surface area contributed by atoms with Gasteiger partial charge >= 0.3 is 0 Å². The Kier molecular flexibility index (Phi) is 6.67. The number of benzene rings is 9.